The van der Waals surface area contributed by atoms with Crippen LogP contribution < -0.4 is 15.2 Å². The smallest absolute Gasteiger partial charge is 0.238 e. The second kappa shape index (κ2) is 8.05. The Morgan fingerprint density at radius 3 is 2.54 bits per heavy atom. The summed E-state index contributed by atoms with van der Waals surface area (Å²) in [5.41, 5.74) is 1.51. The lowest BCUT2D eigenvalue weighted by Crippen LogP contribution is -2.11. The zero-order valence-electron chi connectivity index (χ0n) is 15.1. The first-order valence-electron chi connectivity index (χ1n) is 8.04. The molecule has 0 saturated carbocycles. The number of sulfonamides is 1. The lowest BCUT2D eigenvalue weighted by atomic mass is 10.3. The van der Waals surface area contributed by atoms with Crippen molar-refractivity contribution < 1.29 is 18.3 Å². The molecule has 10 heteroatoms. The Morgan fingerprint density at radius 1 is 1.18 bits per heavy atom. The van der Waals surface area contributed by atoms with Crippen LogP contribution in [0.25, 0.3) is 0 Å². The van der Waals surface area contributed by atoms with Crippen molar-refractivity contribution in [3.8, 4) is 11.5 Å². The second-order valence-corrected chi connectivity index (χ2v) is 8.44. The largest absolute Gasteiger partial charge is 0.504 e. The number of anilines is 2. The summed E-state index contributed by atoms with van der Waals surface area (Å²) in [4.78, 5) is 9.63. The van der Waals surface area contributed by atoms with Crippen LogP contribution in [0.4, 0.5) is 11.6 Å². The van der Waals surface area contributed by atoms with Crippen molar-refractivity contribution in [2.45, 2.75) is 21.7 Å². The van der Waals surface area contributed by atoms with Crippen molar-refractivity contribution in [1.29, 1.82) is 0 Å². The third kappa shape index (κ3) is 4.71. The van der Waals surface area contributed by atoms with Crippen molar-refractivity contribution in [2.75, 3.05) is 12.4 Å². The van der Waals surface area contributed by atoms with E-state index in [1.54, 1.807) is 36.5 Å². The maximum atomic E-state index is 11.3. The summed E-state index contributed by atoms with van der Waals surface area (Å²) >= 11 is 1.40. The average molecular weight is 419 g/mol. The van der Waals surface area contributed by atoms with Crippen molar-refractivity contribution in [2.24, 2.45) is 5.14 Å². The highest BCUT2D eigenvalue weighted by Gasteiger charge is 2.10. The molecule has 0 amide bonds. The number of aromatic hydroxyl groups is 1. The molecule has 2 aromatic carbocycles. The summed E-state index contributed by atoms with van der Waals surface area (Å²) in [5, 5.41) is 18.6. The number of aromatic nitrogens is 2. The molecular weight excluding hydrogens is 400 g/mol. The van der Waals surface area contributed by atoms with Gasteiger partial charge in [0.25, 0.3) is 0 Å². The van der Waals surface area contributed by atoms with Gasteiger partial charge in [0.15, 0.2) is 11.5 Å². The van der Waals surface area contributed by atoms with Gasteiger partial charge in [-0.2, -0.15) is 0 Å². The first-order chi connectivity index (χ1) is 13.3. The van der Waals surface area contributed by atoms with Crippen LogP contribution in [0.5, 0.6) is 11.5 Å². The van der Waals surface area contributed by atoms with E-state index < -0.39 is 10.0 Å². The molecule has 3 aromatic rings. The number of rotatable bonds is 6. The van der Waals surface area contributed by atoms with E-state index in [4.69, 9.17) is 9.88 Å². The van der Waals surface area contributed by atoms with E-state index in [1.807, 2.05) is 6.92 Å². The van der Waals surface area contributed by atoms with Crippen molar-refractivity contribution in [3.63, 3.8) is 0 Å². The Hall–Kier alpha value is -2.82. The average Bonchev–Trinajstić information content (AvgIpc) is 2.65. The predicted molar refractivity (Wildman–Crippen MR) is 107 cm³/mol. The van der Waals surface area contributed by atoms with E-state index in [-0.39, 0.29) is 10.6 Å². The van der Waals surface area contributed by atoms with Gasteiger partial charge in [-0.15, -0.1) is 0 Å². The van der Waals surface area contributed by atoms with E-state index >= 15 is 0 Å². The Balaban J connectivity index is 1.81. The Morgan fingerprint density at radius 2 is 1.89 bits per heavy atom. The van der Waals surface area contributed by atoms with Crippen molar-refractivity contribution in [3.05, 3.63) is 54.2 Å². The number of phenols is 1. The molecule has 3 rings (SSSR count). The Bertz CT molecular complexity index is 1100. The summed E-state index contributed by atoms with van der Waals surface area (Å²) < 4.78 is 27.8. The molecular formula is C18H18N4O4S2. The molecule has 0 bridgehead atoms. The molecule has 0 spiro atoms. The number of hydrogen-bond acceptors (Lipinski definition) is 8. The first-order valence-corrected chi connectivity index (χ1v) is 10.4. The van der Waals surface area contributed by atoms with Crippen LogP contribution in [0.15, 0.2) is 63.5 Å². The molecule has 0 unspecified atom stereocenters. The lowest BCUT2D eigenvalue weighted by molar-refractivity contribution is 0.372. The van der Waals surface area contributed by atoms with Crippen LogP contribution in [-0.2, 0) is 10.0 Å². The van der Waals surface area contributed by atoms with Crippen LogP contribution >= 0.6 is 11.8 Å². The zero-order valence-corrected chi connectivity index (χ0v) is 16.7. The number of nitrogens with one attached hydrogen (secondary N) is 1. The van der Waals surface area contributed by atoms with Gasteiger partial charge < -0.3 is 15.2 Å². The van der Waals surface area contributed by atoms with Gasteiger partial charge in [-0.3, -0.25) is 0 Å². The van der Waals surface area contributed by atoms with Gasteiger partial charge in [-0.25, -0.2) is 23.5 Å². The molecule has 28 heavy (non-hydrogen) atoms. The molecule has 8 nitrogen and oxygen atoms in total. The van der Waals surface area contributed by atoms with Crippen LogP contribution in [0, 0.1) is 6.92 Å². The highest BCUT2D eigenvalue weighted by atomic mass is 32.2. The number of hydrogen-bond donors (Lipinski definition) is 3. The van der Waals surface area contributed by atoms with Crippen LogP contribution in [0.3, 0.4) is 0 Å². The molecule has 1 heterocycles. The monoisotopic (exact) mass is 418 g/mol. The topological polar surface area (TPSA) is 127 Å². The summed E-state index contributed by atoms with van der Waals surface area (Å²) in [7, 11) is -2.25. The molecule has 4 N–H and O–H groups in total. The molecule has 0 aliphatic rings. The highest BCUT2D eigenvalue weighted by Crippen LogP contribution is 2.35. The van der Waals surface area contributed by atoms with E-state index in [0.29, 0.717) is 17.4 Å². The van der Waals surface area contributed by atoms with Gasteiger partial charge in [0, 0.05) is 22.3 Å². The number of aryl methyl sites for hydroxylation is 1. The zero-order chi connectivity index (χ0) is 20.3. The molecule has 0 radical (unpaired) electrons. The fourth-order valence-corrected chi connectivity index (χ4v) is 3.67. The van der Waals surface area contributed by atoms with Gasteiger partial charge in [-0.1, -0.05) is 11.8 Å². The van der Waals surface area contributed by atoms with Crippen LogP contribution in [-0.4, -0.2) is 30.6 Å². The summed E-state index contributed by atoms with van der Waals surface area (Å²) in [6, 6.07) is 11.0. The molecule has 1 aromatic heterocycles. The number of methoxy groups -OCH3 is 1. The second-order valence-electron chi connectivity index (χ2n) is 5.81. The third-order valence-electron chi connectivity index (χ3n) is 3.73. The number of ether oxygens (including phenoxy) is 1. The third-order valence-corrected chi connectivity index (χ3v) is 5.76. The molecule has 0 aliphatic heterocycles. The molecule has 0 saturated heterocycles. The predicted octanol–water partition coefficient (Wildman–Crippen LogP) is 3.04. The Labute approximate surface area is 166 Å². The van der Waals surface area contributed by atoms with Crippen LogP contribution in [0.1, 0.15) is 5.56 Å². The minimum absolute atomic E-state index is 0.0281. The number of nitrogens with zero attached hydrogens (tertiary/aromatic N) is 2. The Kier molecular flexibility index (Phi) is 5.73. The van der Waals surface area contributed by atoms with E-state index in [1.165, 1.54) is 31.0 Å². The van der Waals surface area contributed by atoms with Gasteiger partial charge in [-0.05, 0) is 49.4 Å². The SMILES string of the molecule is COc1cc(Sc2nc(Nc3ccc(S(N)(=O)=O)cc3)ncc2C)ccc1O. The molecule has 0 aliphatic carbocycles. The molecule has 0 atom stereocenters. The summed E-state index contributed by atoms with van der Waals surface area (Å²) in [6.07, 6.45) is 1.69. The van der Waals surface area contributed by atoms with E-state index in [9.17, 15) is 13.5 Å². The quantitative estimate of drug-likeness (QED) is 0.521. The van der Waals surface area contributed by atoms with Gasteiger partial charge in [0.2, 0.25) is 16.0 Å². The van der Waals surface area contributed by atoms with E-state index in [0.717, 1.165) is 15.5 Å². The maximum Gasteiger partial charge on any atom is 0.238 e. The minimum Gasteiger partial charge on any atom is -0.504 e. The number of nitrogens with two attached hydrogens (primary N) is 1. The fourth-order valence-electron chi connectivity index (χ4n) is 2.28. The molecule has 146 valence electrons. The number of phenolic OH excluding ortho intramolecular Hbond substituents is 1. The highest BCUT2D eigenvalue weighted by molar-refractivity contribution is 7.99. The number of benzene rings is 2. The normalized spacial score (nSPS) is 11.2. The van der Waals surface area contributed by atoms with E-state index in [2.05, 4.69) is 15.3 Å². The fraction of sp³-hybridized carbons (Fsp3) is 0.111. The van der Waals surface area contributed by atoms with Gasteiger partial charge in [0.05, 0.1) is 12.0 Å². The van der Waals surface area contributed by atoms with Gasteiger partial charge in [0.1, 0.15) is 5.03 Å². The van der Waals surface area contributed by atoms with Crippen LogP contribution in [0.2, 0.25) is 0 Å². The maximum absolute atomic E-state index is 11.3. The minimum atomic E-state index is -3.74. The molecule has 0 fully saturated rings. The summed E-state index contributed by atoms with van der Waals surface area (Å²) in [5.74, 6) is 0.809. The van der Waals surface area contributed by atoms with Gasteiger partial charge >= 0.3 is 0 Å². The summed E-state index contributed by atoms with van der Waals surface area (Å²) in [6.45, 7) is 1.89. The van der Waals surface area contributed by atoms with Crippen molar-refractivity contribution in [1.82, 2.24) is 9.97 Å². The first kappa shape index (κ1) is 19.9. The number of primary sulfonamides is 1. The van der Waals surface area contributed by atoms with Crippen molar-refractivity contribution >= 4 is 33.4 Å². The standard InChI is InChI=1S/C18H18N4O4S2/c1-11-10-20-18(21-12-3-6-14(7-4-12)28(19,24)25)22-17(11)27-13-5-8-15(23)16(9-13)26-2/h3-10,23H,1-2H3,(H2,19,24,25)(H,20,21,22). The lowest BCUT2D eigenvalue weighted by Gasteiger charge is -2.10.